The van der Waals surface area contributed by atoms with Gasteiger partial charge in [-0.25, -0.2) is 9.67 Å². The molecule has 3 aromatic heterocycles. The Bertz CT molecular complexity index is 1300. The molecule has 0 bridgehead atoms. The molecular weight excluding hydrogens is 422 g/mol. The average Bonchev–Trinajstić information content (AvgIpc) is 3.54. The first-order chi connectivity index (χ1) is 15.6. The number of nitrogens with zero attached hydrogens (tertiary/aromatic N) is 4. The number of nitrogens with one attached hydrogen (secondary N) is 1. The number of amides is 2. The van der Waals surface area contributed by atoms with Crippen LogP contribution in [0.15, 0.2) is 54.0 Å². The fourth-order valence-electron chi connectivity index (χ4n) is 4.06. The number of thiophene rings is 1. The highest BCUT2D eigenvalue weighted by atomic mass is 32.1. The van der Waals surface area contributed by atoms with Gasteiger partial charge in [-0.2, -0.15) is 5.10 Å². The van der Waals surface area contributed by atoms with Crippen molar-refractivity contribution < 1.29 is 9.59 Å². The third-order valence-electron chi connectivity index (χ3n) is 5.62. The molecule has 0 radical (unpaired) electrons. The van der Waals surface area contributed by atoms with Crippen molar-refractivity contribution in [2.24, 2.45) is 0 Å². The van der Waals surface area contributed by atoms with E-state index in [1.165, 1.54) is 4.88 Å². The van der Waals surface area contributed by atoms with Crippen LogP contribution in [0.5, 0.6) is 0 Å². The Morgan fingerprint density at radius 3 is 2.91 bits per heavy atom. The quantitative estimate of drug-likeness (QED) is 0.488. The van der Waals surface area contributed by atoms with E-state index in [1.807, 2.05) is 52.2 Å². The van der Waals surface area contributed by atoms with Gasteiger partial charge in [0.1, 0.15) is 0 Å². The molecule has 32 heavy (non-hydrogen) atoms. The van der Waals surface area contributed by atoms with Crippen LogP contribution < -0.4 is 10.2 Å². The van der Waals surface area contributed by atoms with Gasteiger partial charge in [-0.3, -0.25) is 9.59 Å². The summed E-state index contributed by atoms with van der Waals surface area (Å²) >= 11 is 1.67. The molecule has 8 heteroatoms. The van der Waals surface area contributed by atoms with Crippen LogP contribution in [-0.2, 0) is 17.9 Å². The maximum Gasteiger partial charge on any atom is 0.252 e. The number of hydrogen-bond donors (Lipinski definition) is 1. The molecule has 1 N–H and O–H groups in total. The minimum absolute atomic E-state index is 0.153. The molecule has 4 heterocycles. The van der Waals surface area contributed by atoms with E-state index in [9.17, 15) is 9.59 Å². The van der Waals surface area contributed by atoms with Gasteiger partial charge in [0.25, 0.3) is 5.91 Å². The Morgan fingerprint density at radius 2 is 2.12 bits per heavy atom. The number of pyridine rings is 1. The standard InChI is InChI=1S/C24H23N5O2S/c1-16-11-20(21-14-26-29(23(21)27-16)15-19-7-4-10-32-19)24(31)25-13-17-5-2-6-18(12-17)28-9-3-8-22(28)30/h2,4-7,10-12,14H,3,8-9,13,15H2,1H3,(H,25,31). The van der Waals surface area contributed by atoms with Gasteiger partial charge in [0.15, 0.2) is 5.65 Å². The predicted octanol–water partition coefficient (Wildman–Crippen LogP) is 3.91. The lowest BCUT2D eigenvalue weighted by molar-refractivity contribution is -0.117. The number of hydrogen-bond acceptors (Lipinski definition) is 5. The van der Waals surface area contributed by atoms with Crippen molar-refractivity contribution >= 4 is 39.9 Å². The lowest BCUT2D eigenvalue weighted by atomic mass is 10.1. The van der Waals surface area contributed by atoms with Gasteiger partial charge in [0.2, 0.25) is 5.91 Å². The SMILES string of the molecule is Cc1cc(C(=O)NCc2cccc(N3CCCC3=O)c2)c2cnn(Cc3cccs3)c2n1. The van der Waals surface area contributed by atoms with Crippen LogP contribution in [0.3, 0.4) is 0 Å². The minimum Gasteiger partial charge on any atom is -0.348 e. The first-order valence-corrected chi connectivity index (χ1v) is 11.5. The van der Waals surface area contributed by atoms with Crippen LogP contribution in [0.1, 0.15) is 39.3 Å². The van der Waals surface area contributed by atoms with Gasteiger partial charge >= 0.3 is 0 Å². The number of aryl methyl sites for hydroxylation is 1. The van der Waals surface area contributed by atoms with Crippen molar-refractivity contribution in [3.63, 3.8) is 0 Å². The highest BCUT2D eigenvalue weighted by Gasteiger charge is 2.22. The van der Waals surface area contributed by atoms with Gasteiger partial charge in [-0.15, -0.1) is 11.3 Å². The smallest absolute Gasteiger partial charge is 0.252 e. The van der Waals surface area contributed by atoms with E-state index in [2.05, 4.69) is 21.5 Å². The number of carbonyl (C=O) groups excluding carboxylic acids is 2. The highest BCUT2D eigenvalue weighted by Crippen LogP contribution is 2.23. The van der Waals surface area contributed by atoms with Crippen molar-refractivity contribution in [3.8, 4) is 0 Å². The fourth-order valence-corrected chi connectivity index (χ4v) is 4.75. The zero-order chi connectivity index (χ0) is 22.1. The molecule has 1 aromatic carbocycles. The van der Waals surface area contributed by atoms with Crippen LogP contribution in [-0.4, -0.2) is 33.1 Å². The van der Waals surface area contributed by atoms with Gasteiger partial charge in [-0.1, -0.05) is 18.2 Å². The maximum absolute atomic E-state index is 13.1. The Labute approximate surface area is 189 Å². The number of carbonyl (C=O) groups is 2. The molecule has 1 fully saturated rings. The summed E-state index contributed by atoms with van der Waals surface area (Å²) in [6, 6.07) is 13.7. The Hall–Kier alpha value is -3.52. The van der Waals surface area contributed by atoms with E-state index in [-0.39, 0.29) is 11.8 Å². The summed E-state index contributed by atoms with van der Waals surface area (Å²) in [7, 11) is 0. The molecule has 7 nitrogen and oxygen atoms in total. The summed E-state index contributed by atoms with van der Waals surface area (Å²) in [5, 5.41) is 10.3. The molecule has 162 valence electrons. The number of fused-ring (bicyclic) bond motifs is 1. The van der Waals surface area contributed by atoms with Crippen molar-refractivity contribution in [3.05, 3.63) is 75.7 Å². The highest BCUT2D eigenvalue weighted by molar-refractivity contribution is 7.09. The van der Waals surface area contributed by atoms with Gasteiger partial charge in [-0.05, 0) is 48.6 Å². The Kier molecular flexibility index (Phi) is 5.45. The summed E-state index contributed by atoms with van der Waals surface area (Å²) in [5.41, 5.74) is 3.88. The lowest BCUT2D eigenvalue weighted by Gasteiger charge is -2.16. The molecule has 2 amide bonds. The van der Waals surface area contributed by atoms with E-state index < -0.39 is 0 Å². The number of benzene rings is 1. The Morgan fingerprint density at radius 1 is 1.22 bits per heavy atom. The first-order valence-electron chi connectivity index (χ1n) is 10.6. The number of anilines is 1. The van der Waals surface area contributed by atoms with Crippen LogP contribution >= 0.6 is 11.3 Å². The molecule has 1 aliphatic rings. The number of rotatable bonds is 6. The average molecular weight is 446 g/mol. The topological polar surface area (TPSA) is 80.1 Å². The van der Waals surface area contributed by atoms with Gasteiger partial charge in [0.05, 0.1) is 23.7 Å². The molecule has 4 aromatic rings. The normalized spacial score (nSPS) is 13.8. The van der Waals surface area contributed by atoms with Crippen LogP contribution in [0.4, 0.5) is 5.69 Å². The molecule has 0 unspecified atom stereocenters. The van der Waals surface area contributed by atoms with E-state index in [0.29, 0.717) is 30.7 Å². The summed E-state index contributed by atoms with van der Waals surface area (Å²) in [5.74, 6) is -0.0146. The van der Waals surface area contributed by atoms with E-state index in [4.69, 9.17) is 0 Å². The van der Waals surface area contributed by atoms with E-state index in [1.54, 1.807) is 23.6 Å². The summed E-state index contributed by atoms with van der Waals surface area (Å²) in [6.45, 7) is 3.63. The molecule has 1 aliphatic heterocycles. The van der Waals surface area contributed by atoms with E-state index in [0.717, 1.165) is 35.3 Å². The lowest BCUT2D eigenvalue weighted by Crippen LogP contribution is -2.25. The second kappa shape index (κ2) is 8.55. The number of aromatic nitrogens is 3. The molecule has 5 rings (SSSR count). The van der Waals surface area contributed by atoms with Crippen molar-refractivity contribution in [2.75, 3.05) is 11.4 Å². The van der Waals surface area contributed by atoms with Crippen LogP contribution in [0, 0.1) is 6.92 Å². The maximum atomic E-state index is 13.1. The zero-order valence-electron chi connectivity index (χ0n) is 17.7. The Balaban J connectivity index is 1.35. The second-order valence-electron chi connectivity index (χ2n) is 7.93. The molecule has 1 saturated heterocycles. The summed E-state index contributed by atoms with van der Waals surface area (Å²) in [6.07, 6.45) is 3.19. The fraction of sp³-hybridized carbons (Fsp3) is 0.250. The van der Waals surface area contributed by atoms with Crippen LogP contribution in [0.2, 0.25) is 0 Å². The molecule has 0 saturated carbocycles. The van der Waals surface area contributed by atoms with Crippen molar-refractivity contribution in [1.82, 2.24) is 20.1 Å². The third-order valence-corrected chi connectivity index (χ3v) is 6.48. The van der Waals surface area contributed by atoms with Crippen LogP contribution in [0.25, 0.3) is 11.0 Å². The van der Waals surface area contributed by atoms with E-state index >= 15 is 0 Å². The molecule has 0 aliphatic carbocycles. The predicted molar refractivity (Wildman–Crippen MR) is 125 cm³/mol. The van der Waals surface area contributed by atoms with Crippen molar-refractivity contribution in [1.29, 1.82) is 0 Å². The molecule has 0 spiro atoms. The summed E-state index contributed by atoms with van der Waals surface area (Å²) in [4.78, 5) is 32.7. The summed E-state index contributed by atoms with van der Waals surface area (Å²) < 4.78 is 1.83. The molecular formula is C24H23N5O2S. The monoisotopic (exact) mass is 445 g/mol. The first kappa shape index (κ1) is 20.4. The second-order valence-corrected chi connectivity index (χ2v) is 8.96. The molecule has 0 atom stereocenters. The van der Waals surface area contributed by atoms with Gasteiger partial charge < -0.3 is 10.2 Å². The third kappa shape index (κ3) is 4.01. The largest absolute Gasteiger partial charge is 0.348 e. The van der Waals surface area contributed by atoms with Crippen molar-refractivity contribution in [2.45, 2.75) is 32.9 Å². The zero-order valence-corrected chi connectivity index (χ0v) is 18.6. The minimum atomic E-state index is -0.168. The van der Waals surface area contributed by atoms with Gasteiger partial charge in [0, 0.05) is 35.8 Å².